The predicted molar refractivity (Wildman–Crippen MR) is 166 cm³/mol. The van der Waals surface area contributed by atoms with E-state index in [4.69, 9.17) is 14.9 Å². The Bertz CT molecular complexity index is 1650. The molecule has 0 fully saturated rings. The quantitative estimate of drug-likeness (QED) is 0.0809. The van der Waals surface area contributed by atoms with Gasteiger partial charge in [-0.05, 0) is 91.6 Å². The number of pyridine rings is 1. The molecule has 1 heterocycles. The molecule has 41 heavy (non-hydrogen) atoms. The van der Waals surface area contributed by atoms with Gasteiger partial charge in [-0.3, -0.25) is 0 Å². The second kappa shape index (κ2) is 12.5. The van der Waals surface area contributed by atoms with E-state index >= 15 is 0 Å². The van der Waals surface area contributed by atoms with E-state index in [9.17, 15) is 5.11 Å². The number of fused-ring (bicyclic) bond motifs is 2. The van der Waals surface area contributed by atoms with Crippen molar-refractivity contribution in [2.75, 3.05) is 27.7 Å². The Kier molecular flexibility index (Phi) is 8.62. The number of unbranched alkanes of at least 4 members (excludes halogenated alkanes) is 1. The van der Waals surface area contributed by atoms with Crippen molar-refractivity contribution in [2.45, 2.75) is 30.8 Å². The van der Waals surface area contributed by atoms with E-state index in [-0.39, 0.29) is 0 Å². The summed E-state index contributed by atoms with van der Waals surface area (Å²) < 4.78 is 5.90. The van der Waals surface area contributed by atoms with Crippen LogP contribution in [0.4, 0.5) is 0 Å². The fourth-order valence-electron chi connectivity index (χ4n) is 5.81. The predicted octanol–water partition coefficient (Wildman–Crippen LogP) is 6.96. The number of aromatic nitrogens is 1. The van der Waals surface area contributed by atoms with Gasteiger partial charge in [-0.2, -0.15) is 0 Å². The Hall–Kier alpha value is -4.26. The van der Waals surface area contributed by atoms with E-state index in [1.165, 1.54) is 6.21 Å². The molecule has 2 atom stereocenters. The zero-order valence-electron chi connectivity index (χ0n) is 23.9. The van der Waals surface area contributed by atoms with Gasteiger partial charge in [0.25, 0.3) is 0 Å². The van der Waals surface area contributed by atoms with Gasteiger partial charge >= 0.3 is 0 Å². The summed E-state index contributed by atoms with van der Waals surface area (Å²) in [5, 5.41) is 28.4. The van der Waals surface area contributed by atoms with Crippen LogP contribution in [0.15, 0.2) is 102 Å². The van der Waals surface area contributed by atoms with E-state index in [0.29, 0.717) is 12.3 Å². The summed E-state index contributed by atoms with van der Waals surface area (Å²) in [7, 11) is 5.77. The third-order valence-electron chi connectivity index (χ3n) is 7.82. The van der Waals surface area contributed by atoms with E-state index in [2.05, 4.69) is 72.7 Å². The lowest BCUT2D eigenvalue weighted by atomic mass is 9.71. The third-order valence-corrected chi connectivity index (χ3v) is 7.82. The molecule has 0 spiro atoms. The van der Waals surface area contributed by atoms with Crippen molar-refractivity contribution in [3.05, 3.63) is 119 Å². The lowest BCUT2D eigenvalue weighted by Gasteiger charge is -2.38. The third kappa shape index (κ3) is 6.09. The van der Waals surface area contributed by atoms with Crippen LogP contribution in [-0.2, 0) is 5.60 Å². The molecule has 0 aliphatic rings. The monoisotopic (exact) mass is 547 g/mol. The highest BCUT2D eigenvalue weighted by Gasteiger charge is 2.42. The molecule has 5 rings (SSSR count). The summed E-state index contributed by atoms with van der Waals surface area (Å²) in [4.78, 5) is 7.04. The molecule has 0 radical (unpaired) electrons. The number of rotatable bonds is 11. The number of aliphatic hydroxyl groups is 1. The number of methoxy groups -OCH3 is 1. The van der Waals surface area contributed by atoms with Crippen LogP contribution in [0.1, 0.15) is 47.4 Å². The van der Waals surface area contributed by atoms with Crippen LogP contribution >= 0.6 is 0 Å². The van der Waals surface area contributed by atoms with Gasteiger partial charge in [-0.15, -0.1) is 0 Å². The van der Waals surface area contributed by atoms with E-state index < -0.39 is 11.5 Å². The number of hydrogen-bond donors (Lipinski definition) is 2. The molecule has 5 aromatic rings. The molecule has 0 aliphatic heterocycles. The Labute approximate surface area is 241 Å². The second-order valence-corrected chi connectivity index (χ2v) is 10.9. The number of ether oxygens (including phenoxy) is 1. The van der Waals surface area contributed by atoms with Crippen LogP contribution in [0.5, 0.6) is 5.88 Å². The van der Waals surface area contributed by atoms with Crippen molar-refractivity contribution in [3.8, 4) is 5.88 Å². The summed E-state index contributed by atoms with van der Waals surface area (Å²) in [6.07, 6.45) is 3.75. The lowest BCUT2D eigenvalue weighted by molar-refractivity contribution is 0.00690. The first-order valence-electron chi connectivity index (χ1n) is 14.0. The van der Waals surface area contributed by atoms with Crippen molar-refractivity contribution in [3.63, 3.8) is 0 Å². The van der Waals surface area contributed by atoms with Crippen molar-refractivity contribution >= 4 is 27.9 Å². The average Bonchev–Trinajstić information content (AvgIpc) is 2.99. The maximum atomic E-state index is 13.1. The Balaban J connectivity index is 1.74. The first kappa shape index (κ1) is 28.3. The zero-order valence-corrected chi connectivity index (χ0v) is 23.9. The Morgan fingerprint density at radius 1 is 0.878 bits per heavy atom. The highest BCUT2D eigenvalue weighted by molar-refractivity contribution is 5.89. The fourth-order valence-corrected chi connectivity index (χ4v) is 5.81. The first-order valence-corrected chi connectivity index (χ1v) is 14.0. The number of benzene rings is 4. The van der Waals surface area contributed by atoms with Crippen molar-refractivity contribution < 1.29 is 15.1 Å². The average molecular weight is 548 g/mol. The molecule has 0 amide bonds. The zero-order chi connectivity index (χ0) is 28.8. The molecule has 0 bridgehead atoms. The van der Waals surface area contributed by atoms with Crippen LogP contribution in [-0.4, -0.2) is 54.2 Å². The largest absolute Gasteiger partial charge is 0.481 e. The van der Waals surface area contributed by atoms with Gasteiger partial charge in [-0.1, -0.05) is 78.0 Å². The molecule has 4 aromatic carbocycles. The second-order valence-electron chi connectivity index (χ2n) is 10.9. The Morgan fingerprint density at radius 2 is 1.63 bits per heavy atom. The number of nitrogens with zero attached hydrogens (tertiary/aromatic N) is 3. The van der Waals surface area contributed by atoms with E-state index in [1.54, 1.807) is 7.11 Å². The van der Waals surface area contributed by atoms with E-state index in [1.807, 2.05) is 48.5 Å². The minimum Gasteiger partial charge on any atom is -0.481 e. The van der Waals surface area contributed by atoms with Crippen molar-refractivity contribution in [1.29, 1.82) is 0 Å². The van der Waals surface area contributed by atoms with Gasteiger partial charge in [-0.25, -0.2) is 4.98 Å². The van der Waals surface area contributed by atoms with Crippen LogP contribution in [0, 0.1) is 0 Å². The molecule has 0 aliphatic carbocycles. The number of oxime groups is 1. The van der Waals surface area contributed by atoms with Gasteiger partial charge in [0.15, 0.2) is 0 Å². The molecular weight excluding hydrogens is 510 g/mol. The Morgan fingerprint density at radius 3 is 2.37 bits per heavy atom. The van der Waals surface area contributed by atoms with E-state index in [0.717, 1.165) is 63.3 Å². The van der Waals surface area contributed by atoms with Gasteiger partial charge in [0.1, 0.15) is 5.60 Å². The topological polar surface area (TPSA) is 78.2 Å². The minimum absolute atomic E-state index is 0.466. The molecule has 0 saturated heterocycles. The molecule has 210 valence electrons. The molecule has 1 aromatic heterocycles. The lowest BCUT2D eigenvalue weighted by Crippen LogP contribution is -2.35. The van der Waals surface area contributed by atoms with Crippen LogP contribution in [0.2, 0.25) is 0 Å². The maximum Gasteiger partial charge on any atom is 0.217 e. The molecule has 6 nitrogen and oxygen atoms in total. The highest BCUT2D eigenvalue weighted by atomic mass is 16.5. The number of hydrogen-bond acceptors (Lipinski definition) is 6. The molecule has 6 heteroatoms. The summed E-state index contributed by atoms with van der Waals surface area (Å²) in [6.45, 7) is 0.944. The van der Waals surface area contributed by atoms with Crippen molar-refractivity contribution in [2.24, 2.45) is 5.16 Å². The van der Waals surface area contributed by atoms with Crippen LogP contribution in [0.25, 0.3) is 21.7 Å². The SMILES string of the molecule is COc1nc2ccc(/C=N/O)cc2cc1[C@@H](c1ccccc1)[C@@](O)(CCCCN(C)C)c1ccc2ccccc2c1. The standard InChI is InChI=1S/C35H37N3O3/c1-38(2)20-10-9-19-35(39,30-17-16-26-11-7-8-14-28(26)22-30)33(27-12-5-4-6-13-27)31-23-29-21-25(24-36-40)15-18-32(29)37-34(31)41-3/h4-8,11-18,21-24,33,39-40H,9-10,19-20H2,1-3H3/b36-24+/t33-,35-/m1/s1. The summed E-state index contributed by atoms with van der Waals surface area (Å²) in [5.74, 6) is 0.00803. The van der Waals surface area contributed by atoms with Gasteiger partial charge in [0.05, 0.1) is 18.8 Å². The minimum atomic E-state index is -1.26. The maximum absolute atomic E-state index is 13.1. The highest BCUT2D eigenvalue weighted by Crippen LogP contribution is 2.48. The van der Waals surface area contributed by atoms with Gasteiger partial charge < -0.3 is 20.0 Å². The van der Waals surface area contributed by atoms with Gasteiger partial charge in [0.2, 0.25) is 5.88 Å². The van der Waals surface area contributed by atoms with Crippen molar-refractivity contribution in [1.82, 2.24) is 9.88 Å². The normalized spacial score (nSPS) is 14.1. The fraction of sp³-hybridized carbons (Fsp3) is 0.257. The van der Waals surface area contributed by atoms with Gasteiger partial charge in [0, 0.05) is 16.9 Å². The molecule has 2 N–H and O–H groups in total. The summed E-state index contributed by atoms with van der Waals surface area (Å²) in [6, 6.07) is 32.3. The smallest absolute Gasteiger partial charge is 0.217 e. The summed E-state index contributed by atoms with van der Waals surface area (Å²) >= 11 is 0. The van der Waals surface area contributed by atoms with Crippen LogP contribution < -0.4 is 4.74 Å². The molecule has 0 unspecified atom stereocenters. The summed E-state index contributed by atoms with van der Waals surface area (Å²) in [5.41, 5.74) is 2.88. The molecule has 0 saturated carbocycles. The molecular formula is C35H37N3O3. The van der Waals surface area contributed by atoms with Crippen LogP contribution in [0.3, 0.4) is 0 Å². The first-order chi connectivity index (χ1) is 19.9.